The van der Waals surface area contributed by atoms with E-state index in [0.29, 0.717) is 11.6 Å². The van der Waals surface area contributed by atoms with E-state index in [1.165, 1.54) is 26.9 Å². The highest BCUT2D eigenvalue weighted by Gasteiger charge is 2.11. The SMILES string of the molecule is Clc1nc(-c2ccc3ccccc3c2)nc(-c2ccc3ccc4ccccc4c3c2)n1. The van der Waals surface area contributed by atoms with Gasteiger partial charge >= 0.3 is 0 Å². The summed E-state index contributed by atoms with van der Waals surface area (Å²) in [6.45, 7) is 0. The van der Waals surface area contributed by atoms with E-state index in [1.54, 1.807) is 0 Å². The average molecular weight is 418 g/mol. The lowest BCUT2D eigenvalue weighted by Crippen LogP contribution is -1.97. The van der Waals surface area contributed by atoms with Crippen LogP contribution in [0.5, 0.6) is 0 Å². The zero-order valence-corrected chi connectivity index (χ0v) is 17.2. The van der Waals surface area contributed by atoms with Gasteiger partial charge in [-0.2, -0.15) is 9.97 Å². The van der Waals surface area contributed by atoms with Crippen molar-refractivity contribution in [2.45, 2.75) is 0 Å². The first-order valence-corrected chi connectivity index (χ1v) is 10.5. The van der Waals surface area contributed by atoms with Crippen LogP contribution in [-0.4, -0.2) is 15.0 Å². The molecule has 31 heavy (non-hydrogen) atoms. The molecule has 4 heteroatoms. The maximum atomic E-state index is 6.32. The summed E-state index contributed by atoms with van der Waals surface area (Å²) in [7, 11) is 0. The molecule has 0 atom stereocenters. The number of hydrogen-bond acceptors (Lipinski definition) is 3. The van der Waals surface area contributed by atoms with Crippen LogP contribution in [0.25, 0.3) is 55.1 Å². The van der Waals surface area contributed by atoms with Crippen LogP contribution >= 0.6 is 11.6 Å². The third-order valence-electron chi connectivity index (χ3n) is 5.62. The number of nitrogens with zero attached hydrogens (tertiary/aromatic N) is 3. The second kappa shape index (κ2) is 7.15. The summed E-state index contributed by atoms with van der Waals surface area (Å²) >= 11 is 6.32. The predicted molar refractivity (Wildman–Crippen MR) is 128 cm³/mol. The summed E-state index contributed by atoms with van der Waals surface area (Å²) in [5, 5.41) is 7.25. The molecule has 0 fully saturated rings. The molecule has 0 aliphatic rings. The fourth-order valence-electron chi connectivity index (χ4n) is 4.08. The molecule has 0 aliphatic carbocycles. The van der Waals surface area contributed by atoms with E-state index in [0.717, 1.165) is 16.5 Å². The number of halogens is 1. The van der Waals surface area contributed by atoms with Crippen LogP contribution in [0, 0.1) is 0 Å². The molecule has 6 aromatic rings. The zero-order valence-electron chi connectivity index (χ0n) is 16.5. The van der Waals surface area contributed by atoms with Gasteiger partial charge in [-0.3, -0.25) is 0 Å². The predicted octanol–water partition coefficient (Wildman–Crippen LogP) is 7.32. The second-order valence-corrected chi connectivity index (χ2v) is 7.87. The number of benzene rings is 5. The smallest absolute Gasteiger partial charge is 0.208 e. The summed E-state index contributed by atoms with van der Waals surface area (Å²) in [4.78, 5) is 13.6. The Morgan fingerprint density at radius 1 is 0.452 bits per heavy atom. The minimum atomic E-state index is 0.186. The molecule has 0 saturated carbocycles. The molecule has 0 unspecified atom stereocenters. The quantitative estimate of drug-likeness (QED) is 0.277. The van der Waals surface area contributed by atoms with Gasteiger partial charge < -0.3 is 0 Å². The fourth-order valence-corrected chi connectivity index (χ4v) is 4.24. The van der Waals surface area contributed by atoms with Gasteiger partial charge in [-0.1, -0.05) is 84.9 Å². The van der Waals surface area contributed by atoms with Crippen molar-refractivity contribution in [3.63, 3.8) is 0 Å². The summed E-state index contributed by atoms with van der Waals surface area (Å²) in [6, 6.07) is 33.3. The first-order chi connectivity index (χ1) is 15.2. The molecule has 0 spiro atoms. The molecule has 1 heterocycles. The Kier molecular flexibility index (Phi) is 4.15. The summed E-state index contributed by atoms with van der Waals surface area (Å²) in [6.07, 6.45) is 0. The maximum absolute atomic E-state index is 6.32. The Bertz CT molecular complexity index is 1610. The van der Waals surface area contributed by atoms with E-state index in [-0.39, 0.29) is 5.28 Å². The van der Waals surface area contributed by atoms with Crippen LogP contribution in [0.15, 0.2) is 97.1 Å². The zero-order chi connectivity index (χ0) is 20.8. The minimum Gasteiger partial charge on any atom is -0.208 e. The highest BCUT2D eigenvalue weighted by molar-refractivity contribution is 6.28. The van der Waals surface area contributed by atoms with Gasteiger partial charge in [-0.15, -0.1) is 0 Å². The normalized spacial score (nSPS) is 11.4. The van der Waals surface area contributed by atoms with E-state index in [4.69, 9.17) is 16.6 Å². The van der Waals surface area contributed by atoms with Crippen molar-refractivity contribution in [3.8, 4) is 22.8 Å². The highest BCUT2D eigenvalue weighted by atomic mass is 35.5. The highest BCUT2D eigenvalue weighted by Crippen LogP contribution is 2.30. The fraction of sp³-hybridized carbons (Fsp3) is 0. The molecule has 1 aromatic heterocycles. The van der Waals surface area contributed by atoms with Crippen LogP contribution < -0.4 is 0 Å². The van der Waals surface area contributed by atoms with Crippen molar-refractivity contribution in [1.29, 1.82) is 0 Å². The Morgan fingerprint density at radius 2 is 1.00 bits per heavy atom. The van der Waals surface area contributed by atoms with Gasteiger partial charge in [0.25, 0.3) is 0 Å². The Hall–Kier alpha value is -3.82. The molecule has 0 N–H and O–H groups in total. The van der Waals surface area contributed by atoms with Gasteiger partial charge in [-0.05, 0) is 56.1 Å². The van der Waals surface area contributed by atoms with Crippen LogP contribution in [0.3, 0.4) is 0 Å². The van der Waals surface area contributed by atoms with Crippen LogP contribution in [0.2, 0.25) is 5.28 Å². The van der Waals surface area contributed by atoms with E-state index in [9.17, 15) is 0 Å². The Morgan fingerprint density at radius 3 is 1.77 bits per heavy atom. The van der Waals surface area contributed by atoms with Crippen molar-refractivity contribution >= 4 is 43.9 Å². The standard InChI is InChI=1S/C27H16ClN3/c28-27-30-25(21-13-9-17-5-1-2-7-20(17)15-21)29-26(31-27)22-14-12-19-11-10-18-6-3-4-8-23(18)24(19)16-22/h1-16H. The lowest BCUT2D eigenvalue weighted by atomic mass is 10.00. The maximum Gasteiger partial charge on any atom is 0.226 e. The summed E-state index contributed by atoms with van der Waals surface area (Å²) in [5.74, 6) is 1.14. The molecule has 0 saturated heterocycles. The number of rotatable bonds is 2. The van der Waals surface area contributed by atoms with E-state index in [1.807, 2.05) is 24.3 Å². The molecule has 5 aromatic carbocycles. The molecule has 6 rings (SSSR count). The summed E-state index contributed by atoms with van der Waals surface area (Å²) < 4.78 is 0. The van der Waals surface area contributed by atoms with Gasteiger partial charge in [-0.25, -0.2) is 4.98 Å². The molecule has 0 bridgehead atoms. The van der Waals surface area contributed by atoms with Gasteiger partial charge in [0.15, 0.2) is 11.6 Å². The van der Waals surface area contributed by atoms with E-state index < -0.39 is 0 Å². The van der Waals surface area contributed by atoms with Gasteiger partial charge in [0.1, 0.15) is 0 Å². The minimum absolute atomic E-state index is 0.186. The van der Waals surface area contributed by atoms with Gasteiger partial charge in [0.05, 0.1) is 0 Å². The molecule has 3 nitrogen and oxygen atoms in total. The van der Waals surface area contributed by atoms with E-state index in [2.05, 4.69) is 82.8 Å². The molecule has 0 aliphatic heterocycles. The number of hydrogen-bond donors (Lipinski definition) is 0. The molecule has 146 valence electrons. The van der Waals surface area contributed by atoms with Crippen molar-refractivity contribution in [2.24, 2.45) is 0 Å². The lowest BCUT2D eigenvalue weighted by Gasteiger charge is -2.08. The van der Waals surface area contributed by atoms with Gasteiger partial charge in [0, 0.05) is 11.1 Å². The lowest BCUT2D eigenvalue weighted by molar-refractivity contribution is 1.07. The van der Waals surface area contributed by atoms with Crippen LogP contribution in [-0.2, 0) is 0 Å². The molecule has 0 radical (unpaired) electrons. The van der Waals surface area contributed by atoms with Crippen molar-refractivity contribution in [2.75, 3.05) is 0 Å². The topological polar surface area (TPSA) is 38.7 Å². The van der Waals surface area contributed by atoms with Crippen LogP contribution in [0.4, 0.5) is 0 Å². The van der Waals surface area contributed by atoms with Crippen molar-refractivity contribution in [3.05, 3.63) is 102 Å². The average Bonchev–Trinajstić information content (AvgIpc) is 2.83. The van der Waals surface area contributed by atoms with Gasteiger partial charge in [0.2, 0.25) is 5.28 Å². The first-order valence-electron chi connectivity index (χ1n) is 10.1. The number of aromatic nitrogens is 3. The molecule has 0 amide bonds. The van der Waals surface area contributed by atoms with Crippen molar-refractivity contribution in [1.82, 2.24) is 15.0 Å². The largest absolute Gasteiger partial charge is 0.226 e. The Labute approximate surface area is 184 Å². The second-order valence-electron chi connectivity index (χ2n) is 7.54. The molecular weight excluding hydrogens is 402 g/mol. The Balaban J connectivity index is 1.52. The third-order valence-corrected chi connectivity index (χ3v) is 5.79. The number of fused-ring (bicyclic) bond motifs is 4. The van der Waals surface area contributed by atoms with Crippen LogP contribution in [0.1, 0.15) is 0 Å². The van der Waals surface area contributed by atoms with E-state index >= 15 is 0 Å². The first kappa shape index (κ1) is 18.0. The van der Waals surface area contributed by atoms with Crippen molar-refractivity contribution < 1.29 is 0 Å². The third kappa shape index (κ3) is 3.20. The monoisotopic (exact) mass is 417 g/mol. The molecular formula is C27H16ClN3. The summed E-state index contributed by atoms with van der Waals surface area (Å²) in [5.41, 5.74) is 1.82.